The van der Waals surface area contributed by atoms with Gasteiger partial charge in [-0.2, -0.15) is 0 Å². The molecule has 1 heterocycles. The molecular formula is C13H20N4O3. The summed E-state index contributed by atoms with van der Waals surface area (Å²) >= 11 is 0. The molecule has 1 aliphatic rings. The van der Waals surface area contributed by atoms with Gasteiger partial charge in [-0.15, -0.1) is 5.10 Å². The van der Waals surface area contributed by atoms with E-state index in [1.165, 1.54) is 23.7 Å². The van der Waals surface area contributed by atoms with Crippen LogP contribution in [0, 0.1) is 5.92 Å². The number of amides is 1. The lowest BCUT2D eigenvalue weighted by Gasteiger charge is -2.22. The Morgan fingerprint density at radius 2 is 2.15 bits per heavy atom. The number of nitrogens with one attached hydrogen (secondary N) is 1. The number of carbonyl (C=O) groups excluding carboxylic acids is 1. The highest BCUT2D eigenvalue weighted by atomic mass is 16.4. The van der Waals surface area contributed by atoms with Crippen LogP contribution in [0.4, 0.5) is 0 Å². The Balaban J connectivity index is 1.89. The van der Waals surface area contributed by atoms with Crippen LogP contribution < -0.4 is 5.32 Å². The number of hydrogen-bond donors (Lipinski definition) is 2. The molecule has 0 radical (unpaired) electrons. The zero-order valence-corrected chi connectivity index (χ0v) is 11.6. The number of hydrogen-bond acceptors (Lipinski definition) is 4. The Bertz CT molecular complexity index is 486. The summed E-state index contributed by atoms with van der Waals surface area (Å²) < 4.78 is 1.25. The van der Waals surface area contributed by atoms with E-state index in [-0.39, 0.29) is 24.2 Å². The summed E-state index contributed by atoms with van der Waals surface area (Å²) in [6, 6.07) is 0.201. The molecule has 7 nitrogen and oxygen atoms in total. The van der Waals surface area contributed by atoms with Crippen molar-refractivity contribution in [1.29, 1.82) is 0 Å². The fraction of sp³-hybridized carbons (Fsp3) is 0.692. The van der Waals surface area contributed by atoms with Gasteiger partial charge in [0.15, 0.2) is 5.69 Å². The van der Waals surface area contributed by atoms with Crippen LogP contribution in [0.15, 0.2) is 6.20 Å². The number of aromatic nitrogens is 3. The minimum atomic E-state index is -1.14. The Hall–Kier alpha value is -1.92. The molecule has 0 spiro atoms. The highest BCUT2D eigenvalue weighted by molar-refractivity contribution is 5.84. The summed E-state index contributed by atoms with van der Waals surface area (Å²) in [5.74, 6) is -0.814. The molecule has 20 heavy (non-hydrogen) atoms. The van der Waals surface area contributed by atoms with Crippen LogP contribution in [-0.2, 0) is 11.3 Å². The molecule has 0 aliphatic heterocycles. The van der Waals surface area contributed by atoms with Crippen molar-refractivity contribution < 1.29 is 14.7 Å². The summed E-state index contributed by atoms with van der Waals surface area (Å²) in [7, 11) is 0. The maximum atomic E-state index is 12.0. The van der Waals surface area contributed by atoms with E-state index in [9.17, 15) is 9.59 Å². The molecule has 2 rings (SSSR count). The molecule has 1 aromatic heterocycles. The van der Waals surface area contributed by atoms with Crippen LogP contribution in [0.25, 0.3) is 0 Å². The van der Waals surface area contributed by atoms with Crippen LogP contribution in [0.2, 0.25) is 0 Å². The number of carboxylic acids is 1. The van der Waals surface area contributed by atoms with Crippen molar-refractivity contribution in [3.63, 3.8) is 0 Å². The van der Waals surface area contributed by atoms with Crippen molar-refractivity contribution in [2.75, 3.05) is 0 Å². The van der Waals surface area contributed by atoms with E-state index in [0.29, 0.717) is 5.92 Å². The van der Waals surface area contributed by atoms with Gasteiger partial charge in [0.1, 0.15) is 6.54 Å². The molecule has 110 valence electrons. The van der Waals surface area contributed by atoms with Gasteiger partial charge in [0.25, 0.3) is 0 Å². The maximum absolute atomic E-state index is 12.0. The van der Waals surface area contributed by atoms with Gasteiger partial charge in [-0.1, -0.05) is 31.4 Å². The second-order valence-electron chi connectivity index (χ2n) is 5.40. The smallest absolute Gasteiger partial charge is 0.358 e. The minimum Gasteiger partial charge on any atom is -0.476 e. The summed E-state index contributed by atoms with van der Waals surface area (Å²) in [5, 5.41) is 18.9. The summed E-state index contributed by atoms with van der Waals surface area (Å²) in [4.78, 5) is 22.7. The zero-order chi connectivity index (χ0) is 14.5. The first-order chi connectivity index (χ1) is 9.56. The average Bonchev–Trinajstić information content (AvgIpc) is 2.76. The van der Waals surface area contributed by atoms with Gasteiger partial charge in [-0.05, 0) is 18.8 Å². The highest BCUT2D eigenvalue weighted by Gasteiger charge is 2.21. The van der Waals surface area contributed by atoms with Crippen molar-refractivity contribution in [3.8, 4) is 0 Å². The molecule has 1 aromatic rings. The Kier molecular flexibility index (Phi) is 4.70. The van der Waals surface area contributed by atoms with Gasteiger partial charge in [0.05, 0.1) is 6.20 Å². The number of carboxylic acid groups (broad SMARTS) is 1. The second-order valence-corrected chi connectivity index (χ2v) is 5.40. The Labute approximate surface area is 117 Å². The van der Waals surface area contributed by atoms with Gasteiger partial charge < -0.3 is 10.4 Å². The van der Waals surface area contributed by atoms with E-state index in [1.807, 2.05) is 0 Å². The van der Waals surface area contributed by atoms with Crippen molar-refractivity contribution in [3.05, 3.63) is 11.9 Å². The Morgan fingerprint density at radius 3 is 2.85 bits per heavy atom. The number of nitrogens with zero attached hydrogens (tertiary/aromatic N) is 3. The summed E-state index contributed by atoms with van der Waals surface area (Å²) in [6.45, 7) is 2.16. The van der Waals surface area contributed by atoms with Crippen molar-refractivity contribution in [2.45, 2.75) is 51.6 Å². The number of aromatic carboxylic acids is 1. The number of rotatable bonds is 4. The predicted molar refractivity (Wildman–Crippen MR) is 71.2 cm³/mol. The SMILES string of the molecule is CC1CCCCCC1NC(=O)Cn1cc(C(=O)O)nn1. The molecule has 7 heteroatoms. The van der Waals surface area contributed by atoms with Crippen molar-refractivity contribution >= 4 is 11.9 Å². The minimum absolute atomic E-state index is 0.00347. The van der Waals surface area contributed by atoms with E-state index in [1.54, 1.807) is 0 Å². The molecule has 2 atom stereocenters. The third-order valence-corrected chi connectivity index (χ3v) is 3.77. The predicted octanol–water partition coefficient (Wildman–Crippen LogP) is 1.06. The molecule has 0 bridgehead atoms. The van der Waals surface area contributed by atoms with Gasteiger partial charge in [0, 0.05) is 6.04 Å². The third-order valence-electron chi connectivity index (χ3n) is 3.77. The fourth-order valence-corrected chi connectivity index (χ4v) is 2.58. The lowest BCUT2D eigenvalue weighted by molar-refractivity contribution is -0.123. The van der Waals surface area contributed by atoms with Gasteiger partial charge in [-0.3, -0.25) is 4.79 Å². The number of carbonyl (C=O) groups is 2. The summed E-state index contributed by atoms with van der Waals surface area (Å²) in [6.07, 6.45) is 6.99. The topological polar surface area (TPSA) is 97.1 Å². The first-order valence-electron chi connectivity index (χ1n) is 6.99. The van der Waals surface area contributed by atoms with E-state index >= 15 is 0 Å². The van der Waals surface area contributed by atoms with Crippen LogP contribution in [-0.4, -0.2) is 38.0 Å². The molecule has 1 aliphatic carbocycles. The molecule has 2 N–H and O–H groups in total. The van der Waals surface area contributed by atoms with Crippen molar-refractivity contribution in [2.24, 2.45) is 5.92 Å². The highest BCUT2D eigenvalue weighted by Crippen LogP contribution is 2.22. The van der Waals surface area contributed by atoms with Crippen molar-refractivity contribution in [1.82, 2.24) is 20.3 Å². The van der Waals surface area contributed by atoms with Gasteiger partial charge in [0.2, 0.25) is 5.91 Å². The quantitative estimate of drug-likeness (QED) is 0.804. The first-order valence-corrected chi connectivity index (χ1v) is 6.99. The Morgan fingerprint density at radius 1 is 1.40 bits per heavy atom. The normalized spacial score (nSPS) is 23.1. The van der Waals surface area contributed by atoms with E-state index in [0.717, 1.165) is 19.3 Å². The second kappa shape index (κ2) is 6.49. The maximum Gasteiger partial charge on any atom is 0.358 e. The molecule has 0 aromatic carbocycles. The van der Waals surface area contributed by atoms with Gasteiger partial charge >= 0.3 is 5.97 Å². The third kappa shape index (κ3) is 3.79. The van der Waals surface area contributed by atoms with E-state index in [2.05, 4.69) is 22.6 Å². The van der Waals surface area contributed by atoms with E-state index < -0.39 is 5.97 Å². The lowest BCUT2D eigenvalue weighted by Crippen LogP contribution is -2.40. The van der Waals surface area contributed by atoms with Crippen LogP contribution in [0.3, 0.4) is 0 Å². The zero-order valence-electron chi connectivity index (χ0n) is 11.6. The van der Waals surface area contributed by atoms with E-state index in [4.69, 9.17) is 5.11 Å². The fourth-order valence-electron chi connectivity index (χ4n) is 2.58. The molecule has 1 amide bonds. The summed E-state index contributed by atoms with van der Waals surface area (Å²) in [5.41, 5.74) is -0.152. The van der Waals surface area contributed by atoms with Gasteiger partial charge in [-0.25, -0.2) is 9.48 Å². The molecular weight excluding hydrogens is 260 g/mol. The molecule has 1 fully saturated rings. The largest absolute Gasteiger partial charge is 0.476 e. The monoisotopic (exact) mass is 280 g/mol. The van der Waals surface area contributed by atoms with Crippen LogP contribution in [0.5, 0.6) is 0 Å². The standard InChI is InChI=1S/C13H20N4O3/c1-9-5-3-2-4-6-10(9)14-12(18)8-17-7-11(13(19)20)15-16-17/h7,9-10H,2-6,8H2,1H3,(H,14,18)(H,19,20). The first kappa shape index (κ1) is 14.5. The molecule has 1 saturated carbocycles. The lowest BCUT2D eigenvalue weighted by atomic mass is 9.97. The van der Waals surface area contributed by atoms with Crippen LogP contribution in [0.1, 0.15) is 49.5 Å². The molecule has 2 unspecified atom stereocenters. The average molecular weight is 280 g/mol. The molecule has 0 saturated heterocycles. The van der Waals surface area contributed by atoms with Crippen LogP contribution >= 0.6 is 0 Å².